The summed E-state index contributed by atoms with van der Waals surface area (Å²) in [6.07, 6.45) is 3.61. The lowest BCUT2D eigenvalue weighted by molar-refractivity contribution is -0.145. The van der Waals surface area contributed by atoms with Crippen molar-refractivity contribution in [3.05, 3.63) is 29.8 Å². The maximum Gasteiger partial charge on any atom is 0.334 e. The van der Waals surface area contributed by atoms with Crippen LogP contribution in [0.3, 0.4) is 0 Å². The van der Waals surface area contributed by atoms with Gasteiger partial charge in [0.2, 0.25) is 5.91 Å². The van der Waals surface area contributed by atoms with E-state index in [0.717, 1.165) is 40.3 Å². The molecule has 8 nitrogen and oxygen atoms in total. The van der Waals surface area contributed by atoms with Crippen LogP contribution in [0.4, 0.5) is 10.5 Å². The molecule has 3 rings (SSSR count). The minimum absolute atomic E-state index is 0.155. The standard InChI is InChI=1S/C22H30N4O4/c1-15-7-5-6-8-18(15)26-21(29)20(28)25(22(26)30)14-19(27)24(4)13-16-9-11-17(12-10-16)23(2)3/h9-12,15,18H,5-8,13-14H2,1-4H3/t15-,18-/m1/s1. The van der Waals surface area contributed by atoms with Crippen molar-refractivity contribution in [2.24, 2.45) is 5.92 Å². The Labute approximate surface area is 177 Å². The van der Waals surface area contributed by atoms with E-state index in [9.17, 15) is 19.2 Å². The number of nitrogens with zero attached hydrogens (tertiary/aromatic N) is 4. The molecule has 1 aromatic carbocycles. The number of hydrogen-bond acceptors (Lipinski definition) is 5. The zero-order chi connectivity index (χ0) is 22.0. The van der Waals surface area contributed by atoms with E-state index in [1.165, 1.54) is 4.90 Å². The molecule has 1 saturated heterocycles. The van der Waals surface area contributed by atoms with E-state index >= 15 is 0 Å². The number of carbonyl (C=O) groups excluding carboxylic acids is 4. The Balaban J connectivity index is 1.64. The Kier molecular flexibility index (Phi) is 6.43. The molecular formula is C22H30N4O4. The topological polar surface area (TPSA) is 81.2 Å². The first kappa shape index (κ1) is 21.8. The van der Waals surface area contributed by atoms with Gasteiger partial charge in [0.15, 0.2) is 0 Å². The van der Waals surface area contributed by atoms with Crippen molar-refractivity contribution >= 4 is 29.4 Å². The van der Waals surface area contributed by atoms with Gasteiger partial charge in [0, 0.05) is 39.4 Å². The quantitative estimate of drug-likeness (QED) is 0.526. The van der Waals surface area contributed by atoms with Crippen LogP contribution in [0.5, 0.6) is 0 Å². The summed E-state index contributed by atoms with van der Waals surface area (Å²) >= 11 is 0. The molecule has 1 aliphatic heterocycles. The molecule has 5 amide bonds. The molecular weight excluding hydrogens is 384 g/mol. The molecule has 2 aliphatic rings. The minimum atomic E-state index is -0.908. The molecule has 0 N–H and O–H groups in total. The number of amides is 5. The van der Waals surface area contributed by atoms with Crippen LogP contribution >= 0.6 is 0 Å². The number of rotatable bonds is 6. The largest absolute Gasteiger partial charge is 0.378 e. The Morgan fingerprint density at radius 2 is 1.63 bits per heavy atom. The van der Waals surface area contributed by atoms with Crippen LogP contribution < -0.4 is 4.90 Å². The van der Waals surface area contributed by atoms with Crippen LogP contribution in [0.15, 0.2) is 24.3 Å². The molecule has 2 fully saturated rings. The molecule has 1 aromatic rings. The molecule has 0 unspecified atom stereocenters. The Morgan fingerprint density at radius 1 is 1.00 bits per heavy atom. The predicted octanol–water partition coefficient (Wildman–Crippen LogP) is 2.08. The highest BCUT2D eigenvalue weighted by molar-refractivity contribution is 6.45. The molecule has 8 heteroatoms. The summed E-state index contributed by atoms with van der Waals surface area (Å²) in [4.78, 5) is 55.7. The number of likely N-dealkylation sites (N-methyl/N-ethyl adjacent to an activating group) is 1. The van der Waals surface area contributed by atoms with Gasteiger partial charge in [-0.2, -0.15) is 0 Å². The third kappa shape index (κ3) is 4.32. The second kappa shape index (κ2) is 8.85. The van der Waals surface area contributed by atoms with Crippen molar-refractivity contribution in [1.29, 1.82) is 0 Å². The van der Waals surface area contributed by atoms with E-state index in [0.29, 0.717) is 13.0 Å². The summed E-state index contributed by atoms with van der Waals surface area (Å²) in [5.41, 5.74) is 1.99. The van der Waals surface area contributed by atoms with Crippen LogP contribution in [0.25, 0.3) is 0 Å². The third-order valence-corrected chi connectivity index (χ3v) is 6.07. The van der Waals surface area contributed by atoms with Crippen LogP contribution in [0.1, 0.15) is 38.2 Å². The first-order valence-electron chi connectivity index (χ1n) is 10.4. The molecule has 0 bridgehead atoms. The van der Waals surface area contributed by atoms with Crippen molar-refractivity contribution in [3.8, 4) is 0 Å². The maximum absolute atomic E-state index is 12.8. The Hall–Kier alpha value is -2.90. The fourth-order valence-electron chi connectivity index (χ4n) is 4.15. The number of anilines is 1. The van der Waals surface area contributed by atoms with Crippen LogP contribution in [-0.2, 0) is 20.9 Å². The second-order valence-corrected chi connectivity index (χ2v) is 8.49. The van der Waals surface area contributed by atoms with Crippen molar-refractivity contribution in [3.63, 3.8) is 0 Å². The van der Waals surface area contributed by atoms with Crippen LogP contribution in [0.2, 0.25) is 0 Å². The lowest BCUT2D eigenvalue weighted by atomic mass is 9.85. The van der Waals surface area contributed by atoms with E-state index in [-0.39, 0.29) is 17.9 Å². The third-order valence-electron chi connectivity index (χ3n) is 6.07. The zero-order valence-corrected chi connectivity index (χ0v) is 18.1. The van der Waals surface area contributed by atoms with Crippen LogP contribution in [0, 0.1) is 5.92 Å². The lowest BCUT2D eigenvalue weighted by Gasteiger charge is -2.34. The molecule has 162 valence electrons. The highest BCUT2D eigenvalue weighted by Gasteiger charge is 2.49. The smallest absolute Gasteiger partial charge is 0.334 e. The van der Waals surface area contributed by atoms with Gasteiger partial charge in [-0.15, -0.1) is 0 Å². The van der Waals surface area contributed by atoms with E-state index in [4.69, 9.17) is 0 Å². The molecule has 0 aromatic heterocycles. The Bertz CT molecular complexity index is 836. The van der Waals surface area contributed by atoms with Gasteiger partial charge in [0.25, 0.3) is 0 Å². The molecule has 1 heterocycles. The molecule has 1 aliphatic carbocycles. The van der Waals surface area contributed by atoms with E-state index in [1.54, 1.807) is 7.05 Å². The molecule has 1 saturated carbocycles. The van der Waals surface area contributed by atoms with Gasteiger partial charge in [0.05, 0.1) is 0 Å². The first-order chi connectivity index (χ1) is 14.2. The highest BCUT2D eigenvalue weighted by Crippen LogP contribution is 2.31. The molecule has 0 radical (unpaired) electrons. The molecule has 30 heavy (non-hydrogen) atoms. The van der Waals surface area contributed by atoms with Gasteiger partial charge in [-0.25, -0.2) is 9.69 Å². The lowest BCUT2D eigenvalue weighted by Crippen LogP contribution is -2.47. The highest BCUT2D eigenvalue weighted by atomic mass is 16.2. The SMILES string of the molecule is C[C@@H]1CCCC[C@H]1N1C(=O)C(=O)N(CC(=O)N(C)Cc2ccc(N(C)C)cc2)C1=O. The zero-order valence-electron chi connectivity index (χ0n) is 18.1. The van der Waals surface area contributed by atoms with Crippen molar-refractivity contribution in [2.75, 3.05) is 32.6 Å². The van der Waals surface area contributed by atoms with Gasteiger partial charge in [-0.05, 0) is 36.5 Å². The monoisotopic (exact) mass is 414 g/mol. The second-order valence-electron chi connectivity index (χ2n) is 8.49. The fourth-order valence-corrected chi connectivity index (χ4v) is 4.15. The van der Waals surface area contributed by atoms with Gasteiger partial charge in [-0.1, -0.05) is 31.9 Å². The average molecular weight is 415 g/mol. The number of hydrogen-bond donors (Lipinski definition) is 0. The minimum Gasteiger partial charge on any atom is -0.378 e. The normalized spacial score (nSPS) is 21.9. The van der Waals surface area contributed by atoms with Crippen molar-refractivity contribution < 1.29 is 19.2 Å². The van der Waals surface area contributed by atoms with Crippen LogP contribution in [-0.4, -0.2) is 72.2 Å². The number of imide groups is 2. The summed E-state index contributed by atoms with van der Waals surface area (Å²) in [5.74, 6) is -1.95. The van der Waals surface area contributed by atoms with Gasteiger partial charge >= 0.3 is 17.8 Å². The van der Waals surface area contributed by atoms with E-state index in [1.807, 2.05) is 50.2 Å². The average Bonchev–Trinajstić information content (AvgIpc) is 2.92. The predicted molar refractivity (Wildman–Crippen MR) is 113 cm³/mol. The molecule has 2 atom stereocenters. The fraction of sp³-hybridized carbons (Fsp3) is 0.545. The van der Waals surface area contributed by atoms with E-state index in [2.05, 4.69) is 0 Å². The number of benzene rings is 1. The number of carbonyl (C=O) groups is 4. The summed E-state index contributed by atoms with van der Waals surface area (Å²) in [6, 6.07) is 6.85. The molecule has 0 spiro atoms. The van der Waals surface area contributed by atoms with E-state index < -0.39 is 24.4 Å². The number of urea groups is 1. The summed E-state index contributed by atoms with van der Waals surface area (Å²) in [5, 5.41) is 0. The summed E-state index contributed by atoms with van der Waals surface area (Å²) < 4.78 is 0. The van der Waals surface area contributed by atoms with Crippen molar-refractivity contribution in [2.45, 2.75) is 45.2 Å². The van der Waals surface area contributed by atoms with Gasteiger partial charge in [0.1, 0.15) is 6.54 Å². The summed E-state index contributed by atoms with van der Waals surface area (Å²) in [7, 11) is 5.52. The Morgan fingerprint density at radius 3 is 2.23 bits per heavy atom. The van der Waals surface area contributed by atoms with Gasteiger partial charge < -0.3 is 9.80 Å². The van der Waals surface area contributed by atoms with Gasteiger partial charge in [-0.3, -0.25) is 19.3 Å². The van der Waals surface area contributed by atoms with Crippen molar-refractivity contribution in [1.82, 2.24) is 14.7 Å². The maximum atomic E-state index is 12.8. The first-order valence-corrected chi connectivity index (χ1v) is 10.4. The summed E-state index contributed by atoms with van der Waals surface area (Å²) in [6.45, 7) is 1.92.